The Morgan fingerprint density at radius 2 is 1.68 bits per heavy atom. The molecule has 0 fully saturated rings. The van der Waals surface area contributed by atoms with Crippen molar-refractivity contribution in [1.82, 2.24) is 10.3 Å². The molecule has 130 valence electrons. The molecule has 0 aliphatic heterocycles. The molecular formula is C21H22ClN2O-. The summed E-state index contributed by atoms with van der Waals surface area (Å²) >= 11 is 0. The first-order valence-electron chi connectivity index (χ1n) is 8.17. The van der Waals surface area contributed by atoms with Crippen LogP contribution in [0.25, 0.3) is 0 Å². The Kier molecular flexibility index (Phi) is 7.45. The second kappa shape index (κ2) is 9.82. The van der Waals surface area contributed by atoms with Crippen molar-refractivity contribution in [3.05, 3.63) is 95.3 Å². The Bertz CT molecular complexity index is 760. The minimum atomic E-state index is 0. The van der Waals surface area contributed by atoms with Crippen molar-refractivity contribution in [2.75, 3.05) is 0 Å². The first-order valence-corrected chi connectivity index (χ1v) is 8.17. The van der Waals surface area contributed by atoms with Gasteiger partial charge in [-0.15, -0.1) is 0 Å². The maximum atomic E-state index is 6.01. The Morgan fingerprint density at radius 3 is 2.44 bits per heavy atom. The van der Waals surface area contributed by atoms with E-state index in [9.17, 15) is 0 Å². The minimum absolute atomic E-state index is 0. The summed E-state index contributed by atoms with van der Waals surface area (Å²) in [5.41, 5.74) is 4.78. The van der Waals surface area contributed by atoms with E-state index < -0.39 is 0 Å². The summed E-state index contributed by atoms with van der Waals surface area (Å²) in [5.74, 6) is 0.928. The predicted octanol–water partition coefficient (Wildman–Crippen LogP) is 1.26. The quantitative estimate of drug-likeness (QED) is 0.694. The number of halogens is 1. The van der Waals surface area contributed by atoms with E-state index in [1.807, 2.05) is 30.5 Å². The van der Waals surface area contributed by atoms with Crippen LogP contribution in [0, 0.1) is 6.92 Å². The third-order valence-corrected chi connectivity index (χ3v) is 3.85. The summed E-state index contributed by atoms with van der Waals surface area (Å²) in [6.07, 6.45) is 3.67. The van der Waals surface area contributed by atoms with Gasteiger partial charge in [-0.3, -0.25) is 4.98 Å². The van der Waals surface area contributed by atoms with Crippen LogP contribution in [0.3, 0.4) is 0 Å². The van der Waals surface area contributed by atoms with Crippen molar-refractivity contribution in [3.63, 3.8) is 0 Å². The normalized spacial score (nSPS) is 10.1. The molecule has 0 saturated heterocycles. The van der Waals surface area contributed by atoms with Crippen LogP contribution in [-0.4, -0.2) is 4.98 Å². The molecule has 25 heavy (non-hydrogen) atoms. The maximum Gasteiger partial charge on any atom is 0.124 e. The van der Waals surface area contributed by atoms with Gasteiger partial charge in [-0.25, -0.2) is 0 Å². The first kappa shape index (κ1) is 19.0. The van der Waals surface area contributed by atoms with E-state index in [2.05, 4.69) is 53.6 Å². The van der Waals surface area contributed by atoms with Crippen LogP contribution in [0.2, 0.25) is 0 Å². The number of para-hydroxylation sites is 1. The highest BCUT2D eigenvalue weighted by Gasteiger charge is 2.03. The number of hydrogen-bond acceptors (Lipinski definition) is 3. The number of benzene rings is 2. The summed E-state index contributed by atoms with van der Waals surface area (Å²) in [7, 11) is 0. The standard InChI is InChI=1S/C21H22N2O.ClH/c1-17-8-10-18(11-9-17)16-24-21-7-3-2-6-20(21)15-23-14-19-5-4-12-22-13-19;/h2-13,23H,14-16H2,1H3;1H/p-1. The van der Waals surface area contributed by atoms with Crippen LogP contribution in [0.15, 0.2) is 73.1 Å². The summed E-state index contributed by atoms with van der Waals surface area (Å²) < 4.78 is 6.01. The second-order valence-corrected chi connectivity index (χ2v) is 5.85. The van der Waals surface area contributed by atoms with Crippen LogP contribution in [0.1, 0.15) is 22.3 Å². The zero-order chi connectivity index (χ0) is 16.6. The minimum Gasteiger partial charge on any atom is -1.00 e. The van der Waals surface area contributed by atoms with Crippen LogP contribution >= 0.6 is 0 Å². The van der Waals surface area contributed by atoms with E-state index in [4.69, 9.17) is 4.74 Å². The van der Waals surface area contributed by atoms with Gasteiger partial charge in [0.1, 0.15) is 12.4 Å². The van der Waals surface area contributed by atoms with Crippen molar-refractivity contribution in [2.45, 2.75) is 26.6 Å². The lowest BCUT2D eigenvalue weighted by atomic mass is 10.1. The van der Waals surface area contributed by atoms with Gasteiger partial charge in [0.25, 0.3) is 0 Å². The number of ether oxygens (including phenoxy) is 1. The van der Waals surface area contributed by atoms with Crippen molar-refractivity contribution in [2.24, 2.45) is 0 Å². The molecule has 1 aromatic heterocycles. The number of nitrogens with zero attached hydrogens (tertiary/aromatic N) is 1. The predicted molar refractivity (Wildman–Crippen MR) is 96.7 cm³/mol. The van der Waals surface area contributed by atoms with Crippen LogP contribution in [0.4, 0.5) is 0 Å². The molecule has 0 aliphatic carbocycles. The topological polar surface area (TPSA) is 34.1 Å². The first-order chi connectivity index (χ1) is 11.8. The molecule has 0 unspecified atom stereocenters. The van der Waals surface area contributed by atoms with Crippen molar-refractivity contribution in [1.29, 1.82) is 0 Å². The van der Waals surface area contributed by atoms with E-state index in [1.165, 1.54) is 16.7 Å². The van der Waals surface area contributed by atoms with Gasteiger partial charge in [-0.2, -0.15) is 0 Å². The monoisotopic (exact) mass is 353 g/mol. The Hall–Kier alpha value is -2.36. The summed E-state index contributed by atoms with van der Waals surface area (Å²) in [6, 6.07) is 20.6. The molecule has 3 nitrogen and oxygen atoms in total. The summed E-state index contributed by atoms with van der Waals surface area (Å²) in [5, 5.41) is 3.44. The molecule has 1 heterocycles. The number of hydrogen-bond donors (Lipinski definition) is 1. The highest BCUT2D eigenvalue weighted by molar-refractivity contribution is 5.33. The molecule has 0 bridgehead atoms. The van der Waals surface area contributed by atoms with E-state index in [0.717, 1.165) is 24.4 Å². The Morgan fingerprint density at radius 1 is 0.880 bits per heavy atom. The second-order valence-electron chi connectivity index (χ2n) is 5.85. The van der Waals surface area contributed by atoms with Gasteiger partial charge in [-0.1, -0.05) is 54.1 Å². The maximum absolute atomic E-state index is 6.01. The summed E-state index contributed by atoms with van der Waals surface area (Å²) in [4.78, 5) is 4.13. The molecule has 4 heteroatoms. The average molecular weight is 354 g/mol. The lowest BCUT2D eigenvalue weighted by Crippen LogP contribution is -3.00. The van der Waals surface area contributed by atoms with Crippen LogP contribution < -0.4 is 22.5 Å². The highest BCUT2D eigenvalue weighted by atomic mass is 35.5. The molecule has 0 radical (unpaired) electrons. The number of aryl methyl sites for hydroxylation is 1. The Labute approximate surface area is 155 Å². The van der Waals surface area contributed by atoms with Gasteiger partial charge in [0.15, 0.2) is 0 Å². The number of pyridine rings is 1. The molecule has 0 spiro atoms. The summed E-state index contributed by atoms with van der Waals surface area (Å²) in [6.45, 7) is 4.23. The fraction of sp³-hybridized carbons (Fsp3) is 0.190. The fourth-order valence-corrected chi connectivity index (χ4v) is 2.48. The van der Waals surface area contributed by atoms with Gasteiger partial charge in [-0.05, 0) is 30.2 Å². The zero-order valence-corrected chi connectivity index (χ0v) is 15.0. The van der Waals surface area contributed by atoms with Crippen molar-refractivity contribution in [3.8, 4) is 5.75 Å². The fourth-order valence-electron chi connectivity index (χ4n) is 2.48. The largest absolute Gasteiger partial charge is 1.00 e. The van der Waals surface area contributed by atoms with Crippen molar-refractivity contribution < 1.29 is 17.1 Å². The lowest BCUT2D eigenvalue weighted by Gasteiger charge is -2.12. The molecule has 0 atom stereocenters. The molecule has 3 aromatic rings. The third-order valence-electron chi connectivity index (χ3n) is 3.85. The van der Waals surface area contributed by atoms with E-state index in [1.54, 1.807) is 6.20 Å². The number of nitrogens with one attached hydrogen (secondary N) is 1. The van der Waals surface area contributed by atoms with Gasteiger partial charge >= 0.3 is 0 Å². The average Bonchev–Trinajstić information content (AvgIpc) is 2.63. The molecule has 0 amide bonds. The smallest absolute Gasteiger partial charge is 0.124 e. The SMILES string of the molecule is Cc1ccc(COc2ccccc2CNCc2cccnc2)cc1.[Cl-]. The van der Waals surface area contributed by atoms with Crippen molar-refractivity contribution >= 4 is 0 Å². The zero-order valence-electron chi connectivity index (χ0n) is 14.3. The van der Waals surface area contributed by atoms with Crippen LogP contribution in [-0.2, 0) is 19.7 Å². The molecule has 2 aromatic carbocycles. The number of aromatic nitrogens is 1. The van der Waals surface area contributed by atoms with Gasteiger partial charge < -0.3 is 22.5 Å². The lowest BCUT2D eigenvalue weighted by molar-refractivity contribution is -0.00000532. The molecule has 0 saturated carbocycles. The molecule has 3 rings (SSSR count). The van der Waals surface area contributed by atoms with E-state index in [0.29, 0.717) is 6.61 Å². The van der Waals surface area contributed by atoms with Gasteiger partial charge in [0.2, 0.25) is 0 Å². The molecule has 1 N–H and O–H groups in total. The van der Waals surface area contributed by atoms with E-state index in [-0.39, 0.29) is 12.4 Å². The molecule has 0 aliphatic rings. The van der Waals surface area contributed by atoms with Crippen LogP contribution in [0.5, 0.6) is 5.75 Å². The van der Waals surface area contributed by atoms with Gasteiger partial charge in [0, 0.05) is 31.0 Å². The molecular weight excluding hydrogens is 332 g/mol. The number of rotatable bonds is 7. The van der Waals surface area contributed by atoms with E-state index >= 15 is 0 Å². The highest BCUT2D eigenvalue weighted by Crippen LogP contribution is 2.19. The third kappa shape index (κ3) is 5.89. The van der Waals surface area contributed by atoms with Gasteiger partial charge in [0.05, 0.1) is 0 Å². The Balaban J connectivity index is 0.00000225.